The maximum absolute atomic E-state index is 4.46. The highest BCUT2D eigenvalue weighted by Crippen LogP contribution is 2.25. The maximum Gasteiger partial charge on any atom is 0.0953 e. The van der Waals surface area contributed by atoms with E-state index in [-0.39, 0.29) is 0 Å². The predicted octanol–water partition coefficient (Wildman–Crippen LogP) is 4.24. The average molecular weight is 248 g/mol. The summed E-state index contributed by atoms with van der Waals surface area (Å²) in [6.45, 7) is 3.07. The second kappa shape index (κ2) is 5.11. The van der Waals surface area contributed by atoms with E-state index < -0.39 is 0 Å². The van der Waals surface area contributed by atoms with Crippen molar-refractivity contribution in [2.24, 2.45) is 0 Å². The van der Waals surface area contributed by atoms with E-state index in [1.165, 1.54) is 11.1 Å². The van der Waals surface area contributed by atoms with E-state index in [2.05, 4.69) is 71.2 Å². The van der Waals surface area contributed by atoms with E-state index in [1.54, 1.807) is 0 Å². The average Bonchev–Trinajstić information content (AvgIpc) is 2.97. The standard InChI is InChI=1S/C17H16N2/c1-2-19-12-17(18-13-19)16-10-6-9-15(11-16)14-7-4-3-5-8-14/h3-13H,2H2,1H3. The molecular formula is C17H16N2. The second-order valence-corrected chi connectivity index (χ2v) is 4.54. The molecule has 3 rings (SSSR count). The fourth-order valence-corrected chi connectivity index (χ4v) is 2.17. The molecule has 94 valence electrons. The molecule has 0 fully saturated rings. The van der Waals surface area contributed by atoms with Crippen LogP contribution < -0.4 is 0 Å². The predicted molar refractivity (Wildman–Crippen MR) is 78.8 cm³/mol. The SMILES string of the molecule is CCn1cnc(-c2cccc(-c3ccccc3)c2)c1. The summed E-state index contributed by atoms with van der Waals surface area (Å²) in [6, 6.07) is 18.9. The minimum atomic E-state index is 0.950. The minimum Gasteiger partial charge on any atom is -0.337 e. The van der Waals surface area contributed by atoms with Gasteiger partial charge in [-0.2, -0.15) is 0 Å². The summed E-state index contributed by atoms with van der Waals surface area (Å²) in [6.07, 6.45) is 3.97. The molecule has 19 heavy (non-hydrogen) atoms. The third-order valence-electron chi connectivity index (χ3n) is 3.26. The molecule has 0 aliphatic rings. The normalized spacial score (nSPS) is 10.6. The van der Waals surface area contributed by atoms with Crippen LogP contribution in [0.15, 0.2) is 67.1 Å². The lowest BCUT2D eigenvalue weighted by molar-refractivity contribution is 0.762. The first kappa shape index (κ1) is 11.7. The Balaban J connectivity index is 2.00. The molecule has 0 aliphatic heterocycles. The van der Waals surface area contributed by atoms with E-state index >= 15 is 0 Å². The molecule has 1 aromatic heterocycles. The van der Waals surface area contributed by atoms with Crippen molar-refractivity contribution in [3.63, 3.8) is 0 Å². The first-order chi connectivity index (χ1) is 9.36. The number of hydrogen-bond donors (Lipinski definition) is 0. The van der Waals surface area contributed by atoms with Gasteiger partial charge >= 0.3 is 0 Å². The topological polar surface area (TPSA) is 17.8 Å². The van der Waals surface area contributed by atoms with E-state index in [0.29, 0.717) is 0 Å². The van der Waals surface area contributed by atoms with Crippen molar-refractivity contribution in [3.05, 3.63) is 67.1 Å². The Morgan fingerprint density at radius 3 is 2.37 bits per heavy atom. The number of imidazole rings is 1. The van der Waals surface area contributed by atoms with Crippen molar-refractivity contribution >= 4 is 0 Å². The summed E-state index contributed by atoms with van der Waals surface area (Å²) >= 11 is 0. The van der Waals surface area contributed by atoms with Crippen molar-refractivity contribution in [2.45, 2.75) is 13.5 Å². The van der Waals surface area contributed by atoms with Crippen LogP contribution in [0.2, 0.25) is 0 Å². The molecule has 0 unspecified atom stereocenters. The molecule has 0 amide bonds. The summed E-state index contributed by atoms with van der Waals surface area (Å²) in [5.41, 5.74) is 4.65. The molecule has 0 atom stereocenters. The van der Waals surface area contributed by atoms with Gasteiger partial charge in [0.15, 0.2) is 0 Å². The van der Waals surface area contributed by atoms with E-state index in [0.717, 1.165) is 17.8 Å². The van der Waals surface area contributed by atoms with Gasteiger partial charge in [0, 0.05) is 18.3 Å². The zero-order chi connectivity index (χ0) is 13.1. The molecule has 0 bridgehead atoms. The lowest BCUT2D eigenvalue weighted by Crippen LogP contribution is -1.86. The minimum absolute atomic E-state index is 0.950. The van der Waals surface area contributed by atoms with Gasteiger partial charge in [-0.3, -0.25) is 0 Å². The number of hydrogen-bond acceptors (Lipinski definition) is 1. The van der Waals surface area contributed by atoms with E-state index in [9.17, 15) is 0 Å². The third kappa shape index (κ3) is 2.43. The summed E-state index contributed by atoms with van der Waals surface area (Å²) in [5.74, 6) is 0. The monoisotopic (exact) mass is 248 g/mol. The van der Waals surface area contributed by atoms with Gasteiger partial charge in [0.25, 0.3) is 0 Å². The first-order valence-electron chi connectivity index (χ1n) is 6.54. The van der Waals surface area contributed by atoms with E-state index in [1.807, 2.05) is 12.4 Å². The summed E-state index contributed by atoms with van der Waals surface area (Å²) in [5, 5.41) is 0. The Hall–Kier alpha value is -2.35. The molecule has 3 aromatic rings. The Kier molecular flexibility index (Phi) is 3.15. The van der Waals surface area contributed by atoms with Gasteiger partial charge in [-0.25, -0.2) is 4.98 Å². The lowest BCUT2D eigenvalue weighted by atomic mass is 10.0. The van der Waals surface area contributed by atoms with Crippen LogP contribution in [-0.4, -0.2) is 9.55 Å². The molecule has 2 heteroatoms. The van der Waals surface area contributed by atoms with Gasteiger partial charge in [0.1, 0.15) is 0 Å². The van der Waals surface area contributed by atoms with E-state index in [4.69, 9.17) is 0 Å². The number of nitrogens with zero attached hydrogens (tertiary/aromatic N) is 2. The van der Waals surface area contributed by atoms with Crippen molar-refractivity contribution in [1.29, 1.82) is 0 Å². The van der Waals surface area contributed by atoms with Crippen molar-refractivity contribution in [2.75, 3.05) is 0 Å². The molecule has 0 saturated heterocycles. The Labute approximate surface area is 113 Å². The van der Waals surface area contributed by atoms with Crippen LogP contribution in [0.5, 0.6) is 0 Å². The van der Waals surface area contributed by atoms with Crippen LogP contribution in [0, 0.1) is 0 Å². The number of aryl methyl sites for hydroxylation is 1. The van der Waals surface area contributed by atoms with Crippen LogP contribution >= 0.6 is 0 Å². The highest BCUT2D eigenvalue weighted by molar-refractivity contribution is 5.71. The maximum atomic E-state index is 4.46. The molecule has 0 aliphatic carbocycles. The van der Waals surface area contributed by atoms with Gasteiger partial charge in [-0.1, -0.05) is 48.5 Å². The largest absolute Gasteiger partial charge is 0.337 e. The Bertz CT molecular complexity index is 668. The summed E-state index contributed by atoms with van der Waals surface area (Å²) in [4.78, 5) is 4.46. The summed E-state index contributed by atoms with van der Waals surface area (Å²) < 4.78 is 2.09. The van der Waals surface area contributed by atoms with Crippen LogP contribution in [0.4, 0.5) is 0 Å². The Morgan fingerprint density at radius 1 is 0.895 bits per heavy atom. The fourth-order valence-electron chi connectivity index (χ4n) is 2.17. The number of benzene rings is 2. The first-order valence-corrected chi connectivity index (χ1v) is 6.54. The summed E-state index contributed by atoms with van der Waals surface area (Å²) in [7, 11) is 0. The van der Waals surface area contributed by atoms with Crippen molar-refractivity contribution in [1.82, 2.24) is 9.55 Å². The van der Waals surface area contributed by atoms with Crippen molar-refractivity contribution < 1.29 is 0 Å². The van der Waals surface area contributed by atoms with Crippen LogP contribution in [0.1, 0.15) is 6.92 Å². The van der Waals surface area contributed by atoms with Gasteiger partial charge < -0.3 is 4.57 Å². The molecule has 0 saturated carbocycles. The van der Waals surface area contributed by atoms with Crippen LogP contribution in [0.3, 0.4) is 0 Å². The fraction of sp³-hybridized carbons (Fsp3) is 0.118. The molecule has 0 radical (unpaired) electrons. The second-order valence-electron chi connectivity index (χ2n) is 4.54. The zero-order valence-electron chi connectivity index (χ0n) is 11.0. The highest BCUT2D eigenvalue weighted by atomic mass is 15.0. The molecule has 0 spiro atoms. The number of aromatic nitrogens is 2. The highest BCUT2D eigenvalue weighted by Gasteiger charge is 2.03. The molecular weight excluding hydrogens is 232 g/mol. The molecule has 2 aromatic carbocycles. The van der Waals surface area contributed by atoms with Gasteiger partial charge in [0.05, 0.1) is 12.0 Å². The molecule has 2 nitrogen and oxygen atoms in total. The Morgan fingerprint density at radius 2 is 1.63 bits per heavy atom. The number of rotatable bonds is 3. The van der Waals surface area contributed by atoms with Gasteiger partial charge in [0.2, 0.25) is 0 Å². The van der Waals surface area contributed by atoms with Crippen LogP contribution in [-0.2, 0) is 6.54 Å². The third-order valence-corrected chi connectivity index (χ3v) is 3.26. The lowest BCUT2D eigenvalue weighted by Gasteiger charge is -2.03. The van der Waals surface area contributed by atoms with Crippen LogP contribution in [0.25, 0.3) is 22.4 Å². The van der Waals surface area contributed by atoms with Gasteiger partial charge in [-0.15, -0.1) is 0 Å². The molecule has 0 N–H and O–H groups in total. The smallest absolute Gasteiger partial charge is 0.0953 e. The molecule has 1 heterocycles. The van der Waals surface area contributed by atoms with Crippen molar-refractivity contribution in [3.8, 4) is 22.4 Å². The zero-order valence-corrected chi connectivity index (χ0v) is 11.0. The quantitative estimate of drug-likeness (QED) is 0.678. The van der Waals surface area contributed by atoms with Gasteiger partial charge in [-0.05, 0) is 24.1 Å².